The number of nitrogens with zero attached hydrogens (tertiary/aromatic N) is 4. The van der Waals surface area contributed by atoms with E-state index in [4.69, 9.17) is 0 Å². The van der Waals surface area contributed by atoms with Crippen molar-refractivity contribution in [3.05, 3.63) is 60.2 Å². The molecule has 1 aliphatic rings. The predicted molar refractivity (Wildman–Crippen MR) is 110 cm³/mol. The molecule has 5 nitrogen and oxygen atoms in total. The Morgan fingerprint density at radius 1 is 1.00 bits per heavy atom. The normalized spacial score (nSPS) is 15.3. The van der Waals surface area contributed by atoms with Crippen molar-refractivity contribution in [3.8, 4) is 0 Å². The molecule has 1 aliphatic heterocycles. The van der Waals surface area contributed by atoms with E-state index in [1.807, 2.05) is 23.1 Å². The smallest absolute Gasteiger partial charge is 0.321 e. The Morgan fingerprint density at radius 3 is 2.41 bits per heavy atom. The third kappa shape index (κ3) is 4.59. The quantitative estimate of drug-likeness (QED) is 0.572. The number of benzene rings is 2. The lowest BCUT2D eigenvalue weighted by atomic mass is 10.2. The molecular weight excluding hydrogens is 394 g/mol. The second-order valence-electron chi connectivity index (χ2n) is 6.96. The van der Waals surface area contributed by atoms with Gasteiger partial charge in [0.1, 0.15) is 0 Å². The van der Waals surface area contributed by atoms with Crippen molar-refractivity contribution >= 4 is 28.7 Å². The van der Waals surface area contributed by atoms with Crippen LogP contribution in [0.15, 0.2) is 59.8 Å². The van der Waals surface area contributed by atoms with Crippen LogP contribution in [0.4, 0.5) is 8.78 Å². The standard InChI is InChI=1S/C21H22F2N4OS/c22-20(23)27-18-9-5-4-8-17(18)24-21(27)29-15-19(28)26-12-10-25(11-13-26)14-16-6-2-1-3-7-16/h1-9,20H,10-15H2. The first-order valence-electron chi connectivity index (χ1n) is 9.54. The van der Waals surface area contributed by atoms with Crippen molar-refractivity contribution in [3.63, 3.8) is 0 Å². The van der Waals surface area contributed by atoms with E-state index in [1.54, 1.807) is 24.3 Å². The monoisotopic (exact) mass is 416 g/mol. The average Bonchev–Trinajstić information content (AvgIpc) is 3.12. The highest BCUT2D eigenvalue weighted by atomic mass is 32.2. The fraction of sp³-hybridized carbons (Fsp3) is 0.333. The van der Waals surface area contributed by atoms with Gasteiger partial charge < -0.3 is 4.90 Å². The number of carbonyl (C=O) groups excluding carboxylic acids is 1. The maximum Gasteiger partial charge on any atom is 0.321 e. The highest BCUT2D eigenvalue weighted by Crippen LogP contribution is 2.29. The summed E-state index contributed by atoms with van der Waals surface area (Å²) in [5, 5.41) is 0.178. The van der Waals surface area contributed by atoms with E-state index in [-0.39, 0.29) is 16.8 Å². The molecule has 0 spiro atoms. The molecule has 1 aromatic heterocycles. The summed E-state index contributed by atoms with van der Waals surface area (Å²) in [6.07, 6.45) is 0. The van der Waals surface area contributed by atoms with Crippen LogP contribution < -0.4 is 0 Å². The molecule has 1 saturated heterocycles. The van der Waals surface area contributed by atoms with Crippen molar-refractivity contribution in [2.75, 3.05) is 31.9 Å². The minimum absolute atomic E-state index is 0.0396. The van der Waals surface area contributed by atoms with Crippen molar-refractivity contribution in [2.45, 2.75) is 18.3 Å². The Labute approximate surface area is 172 Å². The van der Waals surface area contributed by atoms with Crippen LogP contribution in [0.1, 0.15) is 12.1 Å². The summed E-state index contributed by atoms with van der Waals surface area (Å²) in [5.74, 6) is 0.0663. The Bertz CT molecular complexity index is 971. The number of para-hydroxylation sites is 2. The number of hydrogen-bond donors (Lipinski definition) is 0. The summed E-state index contributed by atoms with van der Waals surface area (Å²) in [7, 11) is 0. The van der Waals surface area contributed by atoms with Gasteiger partial charge in [-0.1, -0.05) is 54.2 Å². The second kappa shape index (κ2) is 8.92. The van der Waals surface area contributed by atoms with Gasteiger partial charge >= 0.3 is 6.55 Å². The predicted octanol–water partition coefficient (Wildman–Crippen LogP) is 3.87. The summed E-state index contributed by atoms with van der Waals surface area (Å²) in [6.45, 7) is 1.09. The molecular formula is C21H22F2N4OS. The van der Waals surface area contributed by atoms with Crippen LogP contribution in [-0.4, -0.2) is 57.2 Å². The van der Waals surface area contributed by atoms with Crippen LogP contribution in [0.25, 0.3) is 11.0 Å². The number of aromatic nitrogens is 2. The molecule has 0 N–H and O–H groups in total. The minimum atomic E-state index is -2.69. The first-order chi connectivity index (χ1) is 14.1. The van der Waals surface area contributed by atoms with Gasteiger partial charge in [-0.05, 0) is 17.7 Å². The van der Waals surface area contributed by atoms with Gasteiger partial charge in [-0.3, -0.25) is 14.3 Å². The van der Waals surface area contributed by atoms with Crippen LogP contribution in [0.5, 0.6) is 0 Å². The number of piperazine rings is 1. The fourth-order valence-corrected chi connectivity index (χ4v) is 4.44. The number of carbonyl (C=O) groups is 1. The van der Waals surface area contributed by atoms with Crippen LogP contribution >= 0.6 is 11.8 Å². The molecule has 0 saturated carbocycles. The largest absolute Gasteiger partial charge is 0.339 e. The molecule has 8 heteroatoms. The van der Waals surface area contributed by atoms with Gasteiger partial charge in [-0.2, -0.15) is 8.78 Å². The highest BCUT2D eigenvalue weighted by molar-refractivity contribution is 7.99. The molecule has 0 unspecified atom stereocenters. The van der Waals surface area contributed by atoms with E-state index >= 15 is 0 Å². The molecule has 1 amide bonds. The lowest BCUT2D eigenvalue weighted by Gasteiger charge is -2.34. The zero-order valence-corrected chi connectivity index (χ0v) is 16.7. The molecule has 4 rings (SSSR count). The van der Waals surface area contributed by atoms with Gasteiger partial charge in [0, 0.05) is 32.7 Å². The van der Waals surface area contributed by atoms with Gasteiger partial charge in [0.15, 0.2) is 5.16 Å². The Hall–Kier alpha value is -2.45. The highest BCUT2D eigenvalue weighted by Gasteiger charge is 2.23. The number of amides is 1. The molecule has 0 atom stereocenters. The second-order valence-corrected chi connectivity index (χ2v) is 7.90. The van der Waals surface area contributed by atoms with Gasteiger partial charge in [0.2, 0.25) is 5.91 Å². The topological polar surface area (TPSA) is 41.4 Å². The molecule has 1 fully saturated rings. The zero-order valence-electron chi connectivity index (χ0n) is 15.9. The molecule has 3 aromatic rings. The minimum Gasteiger partial charge on any atom is -0.339 e. The first-order valence-corrected chi connectivity index (χ1v) is 10.5. The zero-order chi connectivity index (χ0) is 20.2. The van der Waals surface area contributed by atoms with E-state index in [0.29, 0.717) is 24.1 Å². The maximum absolute atomic E-state index is 13.5. The van der Waals surface area contributed by atoms with Crippen molar-refractivity contribution < 1.29 is 13.6 Å². The lowest BCUT2D eigenvalue weighted by molar-refractivity contribution is -0.130. The molecule has 29 heavy (non-hydrogen) atoms. The SMILES string of the molecule is O=C(CSc1nc2ccccc2n1C(F)F)N1CCN(Cc2ccccc2)CC1. The Kier molecular flexibility index (Phi) is 6.10. The van der Waals surface area contributed by atoms with E-state index in [1.165, 1.54) is 5.56 Å². The first kappa shape index (κ1) is 19.8. The van der Waals surface area contributed by atoms with E-state index in [9.17, 15) is 13.6 Å². The van der Waals surface area contributed by atoms with Gasteiger partial charge in [-0.25, -0.2) is 4.98 Å². The molecule has 2 aromatic carbocycles. The van der Waals surface area contributed by atoms with Crippen molar-refractivity contribution in [1.82, 2.24) is 19.4 Å². The average molecular weight is 416 g/mol. The molecule has 0 bridgehead atoms. The van der Waals surface area contributed by atoms with Crippen LogP contribution in [0, 0.1) is 0 Å². The summed E-state index contributed by atoms with van der Waals surface area (Å²) >= 11 is 1.07. The van der Waals surface area contributed by atoms with Crippen LogP contribution in [0.3, 0.4) is 0 Å². The van der Waals surface area contributed by atoms with Crippen molar-refractivity contribution in [1.29, 1.82) is 0 Å². The summed E-state index contributed by atoms with van der Waals surface area (Å²) in [4.78, 5) is 21.0. The third-order valence-corrected chi connectivity index (χ3v) is 5.99. The number of halogens is 2. The summed E-state index contributed by atoms with van der Waals surface area (Å²) < 4.78 is 27.9. The number of alkyl halides is 2. The van der Waals surface area contributed by atoms with Gasteiger partial charge in [0.25, 0.3) is 0 Å². The molecule has 0 aliphatic carbocycles. The fourth-order valence-electron chi connectivity index (χ4n) is 3.53. The van der Waals surface area contributed by atoms with Gasteiger partial charge in [0.05, 0.1) is 16.8 Å². The number of rotatable bonds is 6. The molecule has 0 radical (unpaired) electrons. The van der Waals surface area contributed by atoms with E-state index in [2.05, 4.69) is 22.0 Å². The lowest BCUT2D eigenvalue weighted by Crippen LogP contribution is -2.48. The number of thioether (sulfide) groups is 1. The van der Waals surface area contributed by atoms with Crippen molar-refractivity contribution in [2.24, 2.45) is 0 Å². The third-order valence-electron chi connectivity index (χ3n) is 5.06. The molecule has 152 valence electrons. The summed E-state index contributed by atoms with van der Waals surface area (Å²) in [6, 6.07) is 17.0. The number of imidazole rings is 1. The summed E-state index contributed by atoms with van der Waals surface area (Å²) in [5.41, 5.74) is 2.15. The van der Waals surface area contributed by atoms with Crippen LogP contribution in [0.2, 0.25) is 0 Å². The van der Waals surface area contributed by atoms with E-state index < -0.39 is 6.55 Å². The van der Waals surface area contributed by atoms with Gasteiger partial charge in [-0.15, -0.1) is 0 Å². The number of fused-ring (bicyclic) bond motifs is 1. The molecule has 2 heterocycles. The number of hydrogen-bond acceptors (Lipinski definition) is 4. The van der Waals surface area contributed by atoms with Crippen LogP contribution in [-0.2, 0) is 11.3 Å². The van der Waals surface area contributed by atoms with E-state index in [0.717, 1.165) is 36.0 Å². The Morgan fingerprint density at radius 2 is 1.69 bits per heavy atom. The Balaban J connectivity index is 1.33. The maximum atomic E-state index is 13.5.